The van der Waals surface area contributed by atoms with Crippen LogP contribution < -0.4 is 9.64 Å². The zero-order valence-electron chi connectivity index (χ0n) is 13.2. The van der Waals surface area contributed by atoms with Gasteiger partial charge < -0.3 is 9.64 Å². The Kier molecular flexibility index (Phi) is 4.76. The fourth-order valence-electron chi connectivity index (χ4n) is 2.27. The third kappa shape index (κ3) is 3.55. The molecule has 6 nitrogen and oxygen atoms in total. The first kappa shape index (κ1) is 15.6. The van der Waals surface area contributed by atoms with Gasteiger partial charge in [0.1, 0.15) is 11.4 Å². The highest BCUT2D eigenvalue weighted by Crippen LogP contribution is 2.20. The number of anilines is 1. The highest BCUT2D eigenvalue weighted by molar-refractivity contribution is 6.04. The van der Waals surface area contributed by atoms with Crippen LogP contribution in [0.4, 0.5) is 5.69 Å². The standard InChI is InChI=1S/C18H16N4O2/c1-24-16-4-2-14(3-5-16)13-22(15-6-8-19-9-7-15)18(23)17-12-20-10-11-21-17/h2-12H,13H2,1H3. The summed E-state index contributed by atoms with van der Waals surface area (Å²) in [4.78, 5) is 26.6. The van der Waals surface area contributed by atoms with E-state index in [2.05, 4.69) is 15.0 Å². The zero-order chi connectivity index (χ0) is 16.8. The first-order chi connectivity index (χ1) is 11.8. The molecule has 3 rings (SSSR count). The summed E-state index contributed by atoms with van der Waals surface area (Å²) in [5.41, 5.74) is 2.02. The predicted octanol–water partition coefficient (Wildman–Crippen LogP) is 2.73. The van der Waals surface area contributed by atoms with Crippen molar-refractivity contribution in [2.75, 3.05) is 12.0 Å². The summed E-state index contributed by atoms with van der Waals surface area (Å²) >= 11 is 0. The van der Waals surface area contributed by atoms with Crippen LogP contribution in [-0.2, 0) is 6.54 Å². The number of aromatic nitrogens is 3. The SMILES string of the molecule is COc1ccc(CN(C(=O)c2cnccn2)c2ccncc2)cc1. The lowest BCUT2D eigenvalue weighted by Gasteiger charge is -2.22. The molecule has 0 aliphatic carbocycles. The molecule has 0 N–H and O–H groups in total. The van der Waals surface area contributed by atoms with Crippen LogP contribution in [-0.4, -0.2) is 28.0 Å². The molecule has 6 heteroatoms. The smallest absolute Gasteiger partial charge is 0.278 e. The maximum Gasteiger partial charge on any atom is 0.278 e. The van der Waals surface area contributed by atoms with E-state index in [4.69, 9.17) is 4.74 Å². The van der Waals surface area contributed by atoms with E-state index in [0.29, 0.717) is 12.2 Å². The molecule has 0 radical (unpaired) electrons. The Labute approximate surface area is 139 Å². The van der Waals surface area contributed by atoms with E-state index in [9.17, 15) is 4.79 Å². The third-order valence-electron chi connectivity index (χ3n) is 3.50. The summed E-state index contributed by atoms with van der Waals surface area (Å²) in [6.45, 7) is 0.406. The minimum Gasteiger partial charge on any atom is -0.497 e. The molecular formula is C18H16N4O2. The minimum atomic E-state index is -0.217. The second-order valence-electron chi connectivity index (χ2n) is 5.04. The Hall–Kier alpha value is -3.28. The van der Waals surface area contributed by atoms with Gasteiger partial charge in [-0.3, -0.25) is 14.8 Å². The van der Waals surface area contributed by atoms with E-state index >= 15 is 0 Å². The van der Waals surface area contributed by atoms with Crippen molar-refractivity contribution in [3.05, 3.63) is 78.6 Å². The number of ether oxygens (including phenoxy) is 1. The van der Waals surface area contributed by atoms with Gasteiger partial charge in [-0.25, -0.2) is 4.98 Å². The summed E-state index contributed by atoms with van der Waals surface area (Å²) in [5.74, 6) is 0.555. The Balaban J connectivity index is 1.91. The Morgan fingerprint density at radius 2 is 1.75 bits per heavy atom. The highest BCUT2D eigenvalue weighted by atomic mass is 16.5. The van der Waals surface area contributed by atoms with Crippen molar-refractivity contribution in [2.24, 2.45) is 0 Å². The first-order valence-corrected chi connectivity index (χ1v) is 7.39. The van der Waals surface area contributed by atoms with Crippen molar-refractivity contribution in [3.63, 3.8) is 0 Å². The van der Waals surface area contributed by atoms with Crippen molar-refractivity contribution >= 4 is 11.6 Å². The molecule has 1 amide bonds. The molecule has 0 bridgehead atoms. The predicted molar refractivity (Wildman–Crippen MR) is 89.8 cm³/mol. The molecule has 0 saturated carbocycles. The van der Waals surface area contributed by atoms with Crippen molar-refractivity contribution in [1.29, 1.82) is 0 Å². The molecule has 2 aromatic heterocycles. The van der Waals surface area contributed by atoms with E-state index in [1.54, 1.807) is 36.5 Å². The Bertz CT molecular complexity index is 792. The van der Waals surface area contributed by atoms with Crippen molar-refractivity contribution in [2.45, 2.75) is 6.54 Å². The number of methoxy groups -OCH3 is 1. The number of amides is 1. The largest absolute Gasteiger partial charge is 0.497 e. The topological polar surface area (TPSA) is 68.2 Å². The average Bonchev–Trinajstić information content (AvgIpc) is 2.67. The van der Waals surface area contributed by atoms with Crippen LogP contribution in [0.5, 0.6) is 5.75 Å². The molecule has 0 unspecified atom stereocenters. The molecular weight excluding hydrogens is 304 g/mol. The van der Waals surface area contributed by atoms with Crippen molar-refractivity contribution < 1.29 is 9.53 Å². The van der Waals surface area contributed by atoms with Crippen LogP contribution in [0.2, 0.25) is 0 Å². The second-order valence-corrected chi connectivity index (χ2v) is 5.04. The van der Waals surface area contributed by atoms with Crippen LogP contribution in [0.15, 0.2) is 67.4 Å². The zero-order valence-corrected chi connectivity index (χ0v) is 13.2. The van der Waals surface area contributed by atoms with E-state index < -0.39 is 0 Å². The second kappa shape index (κ2) is 7.32. The van der Waals surface area contributed by atoms with Crippen LogP contribution in [0.1, 0.15) is 16.1 Å². The molecule has 0 saturated heterocycles. The molecule has 24 heavy (non-hydrogen) atoms. The minimum absolute atomic E-state index is 0.217. The summed E-state index contributed by atoms with van der Waals surface area (Å²) in [6.07, 6.45) is 7.81. The maximum atomic E-state index is 12.9. The summed E-state index contributed by atoms with van der Waals surface area (Å²) in [7, 11) is 1.62. The fraction of sp³-hybridized carbons (Fsp3) is 0.111. The van der Waals surface area contributed by atoms with E-state index in [-0.39, 0.29) is 5.91 Å². The first-order valence-electron chi connectivity index (χ1n) is 7.39. The normalized spacial score (nSPS) is 10.2. The molecule has 0 aliphatic rings. The van der Waals surface area contributed by atoms with Gasteiger partial charge in [-0.1, -0.05) is 12.1 Å². The number of pyridine rings is 1. The van der Waals surface area contributed by atoms with Crippen LogP contribution in [0.25, 0.3) is 0 Å². The average molecular weight is 320 g/mol. The summed E-state index contributed by atoms with van der Waals surface area (Å²) in [6, 6.07) is 11.2. The molecule has 0 fully saturated rings. The van der Waals surface area contributed by atoms with Crippen LogP contribution >= 0.6 is 0 Å². The lowest BCUT2D eigenvalue weighted by molar-refractivity contribution is 0.0980. The van der Waals surface area contributed by atoms with Gasteiger partial charge in [-0.05, 0) is 29.8 Å². The third-order valence-corrected chi connectivity index (χ3v) is 3.50. The van der Waals surface area contributed by atoms with Gasteiger partial charge >= 0.3 is 0 Å². The number of benzene rings is 1. The Morgan fingerprint density at radius 3 is 2.38 bits per heavy atom. The summed E-state index contributed by atoms with van der Waals surface area (Å²) in [5, 5.41) is 0. The van der Waals surface area contributed by atoms with Gasteiger partial charge in [0.15, 0.2) is 0 Å². The molecule has 0 aliphatic heterocycles. The molecule has 2 heterocycles. The highest BCUT2D eigenvalue weighted by Gasteiger charge is 2.19. The number of hydrogen-bond acceptors (Lipinski definition) is 5. The fourth-order valence-corrected chi connectivity index (χ4v) is 2.27. The molecule has 0 spiro atoms. The Morgan fingerprint density at radius 1 is 1.00 bits per heavy atom. The lowest BCUT2D eigenvalue weighted by Crippen LogP contribution is -2.31. The number of nitrogens with zero attached hydrogens (tertiary/aromatic N) is 4. The van der Waals surface area contributed by atoms with Crippen molar-refractivity contribution in [3.8, 4) is 5.75 Å². The number of carbonyl (C=O) groups is 1. The molecule has 120 valence electrons. The van der Waals surface area contributed by atoms with Gasteiger partial charge in [0.05, 0.1) is 19.9 Å². The van der Waals surface area contributed by atoms with Gasteiger partial charge in [-0.2, -0.15) is 0 Å². The number of rotatable bonds is 5. The van der Waals surface area contributed by atoms with Crippen LogP contribution in [0.3, 0.4) is 0 Å². The maximum absolute atomic E-state index is 12.9. The van der Waals surface area contributed by atoms with Crippen LogP contribution in [0, 0.1) is 0 Å². The summed E-state index contributed by atoms with van der Waals surface area (Å²) < 4.78 is 5.17. The van der Waals surface area contributed by atoms with E-state index in [1.807, 2.05) is 24.3 Å². The van der Waals surface area contributed by atoms with Gasteiger partial charge in [0, 0.05) is 30.5 Å². The van der Waals surface area contributed by atoms with E-state index in [0.717, 1.165) is 17.0 Å². The number of hydrogen-bond donors (Lipinski definition) is 0. The quantitative estimate of drug-likeness (QED) is 0.723. The van der Waals surface area contributed by atoms with Crippen molar-refractivity contribution in [1.82, 2.24) is 15.0 Å². The van der Waals surface area contributed by atoms with Gasteiger partial charge in [-0.15, -0.1) is 0 Å². The van der Waals surface area contributed by atoms with Gasteiger partial charge in [0.2, 0.25) is 0 Å². The molecule has 0 atom stereocenters. The van der Waals surface area contributed by atoms with E-state index in [1.165, 1.54) is 18.6 Å². The van der Waals surface area contributed by atoms with Gasteiger partial charge in [0.25, 0.3) is 5.91 Å². The molecule has 3 aromatic rings. The lowest BCUT2D eigenvalue weighted by atomic mass is 10.2. The molecule has 1 aromatic carbocycles. The number of carbonyl (C=O) groups excluding carboxylic acids is 1. The monoisotopic (exact) mass is 320 g/mol.